The lowest BCUT2D eigenvalue weighted by Gasteiger charge is -2.42. The predicted molar refractivity (Wildman–Crippen MR) is 93.8 cm³/mol. The van der Waals surface area contributed by atoms with Crippen molar-refractivity contribution in [3.8, 4) is 16.9 Å². The average Bonchev–Trinajstić information content (AvgIpc) is 3.02. The zero-order valence-corrected chi connectivity index (χ0v) is 13.9. The summed E-state index contributed by atoms with van der Waals surface area (Å²) in [5.74, 6) is 1.05. The second kappa shape index (κ2) is 5.66. The van der Waals surface area contributed by atoms with Gasteiger partial charge in [-0.1, -0.05) is 36.4 Å². The van der Waals surface area contributed by atoms with Crippen molar-refractivity contribution in [1.82, 2.24) is 10.2 Å². The van der Waals surface area contributed by atoms with Gasteiger partial charge in [-0.25, -0.2) is 0 Å². The monoisotopic (exact) mass is 308 g/mol. The molecule has 0 amide bonds. The molecule has 1 saturated heterocycles. The second-order valence-corrected chi connectivity index (χ2v) is 7.01. The van der Waals surface area contributed by atoms with Crippen molar-refractivity contribution in [2.24, 2.45) is 0 Å². The fraction of sp³-hybridized carbons (Fsp3) is 0.400. The number of benzene rings is 2. The van der Waals surface area contributed by atoms with Crippen LogP contribution < -0.4 is 10.1 Å². The molecule has 2 aliphatic heterocycles. The minimum Gasteiger partial charge on any atom is -0.485 e. The lowest BCUT2D eigenvalue weighted by atomic mass is 9.85. The molecule has 2 aliphatic rings. The topological polar surface area (TPSA) is 24.5 Å². The Morgan fingerprint density at radius 3 is 2.61 bits per heavy atom. The first-order valence-electron chi connectivity index (χ1n) is 8.42. The van der Waals surface area contributed by atoms with Crippen molar-refractivity contribution in [3.63, 3.8) is 0 Å². The third kappa shape index (κ3) is 2.64. The maximum absolute atomic E-state index is 6.46. The molecular weight excluding hydrogens is 284 g/mol. The average molecular weight is 308 g/mol. The molecule has 1 spiro atoms. The lowest BCUT2D eigenvalue weighted by molar-refractivity contribution is 0.0289. The smallest absolute Gasteiger partial charge is 0.125 e. The van der Waals surface area contributed by atoms with E-state index in [0.717, 1.165) is 31.7 Å². The number of nitrogens with zero attached hydrogens (tertiary/aromatic N) is 1. The van der Waals surface area contributed by atoms with E-state index >= 15 is 0 Å². The van der Waals surface area contributed by atoms with Gasteiger partial charge in [-0.15, -0.1) is 0 Å². The van der Waals surface area contributed by atoms with Crippen LogP contribution in [0.15, 0.2) is 48.5 Å². The van der Waals surface area contributed by atoms with Crippen LogP contribution in [-0.4, -0.2) is 37.7 Å². The Morgan fingerprint density at radius 1 is 1.09 bits per heavy atom. The number of hydrogen-bond acceptors (Lipinski definition) is 3. The minimum atomic E-state index is -0.0315. The van der Waals surface area contributed by atoms with Crippen molar-refractivity contribution < 1.29 is 4.74 Å². The molecule has 1 fully saturated rings. The van der Waals surface area contributed by atoms with Crippen LogP contribution in [0.1, 0.15) is 24.4 Å². The van der Waals surface area contributed by atoms with E-state index in [1.54, 1.807) is 0 Å². The SMILES string of the molecule is CN(C)C1CC2(CCNC2)Oc2ccc(-c3ccccc3)cc21. The molecule has 0 aliphatic carbocycles. The van der Waals surface area contributed by atoms with Gasteiger partial charge in [-0.05, 0) is 43.9 Å². The molecule has 2 aromatic rings. The maximum atomic E-state index is 6.46. The highest BCUT2D eigenvalue weighted by Crippen LogP contribution is 2.45. The van der Waals surface area contributed by atoms with E-state index in [9.17, 15) is 0 Å². The van der Waals surface area contributed by atoms with Gasteiger partial charge in [0.15, 0.2) is 0 Å². The lowest BCUT2D eigenvalue weighted by Crippen LogP contribution is -2.45. The van der Waals surface area contributed by atoms with Gasteiger partial charge in [-0.2, -0.15) is 0 Å². The Bertz CT molecular complexity index is 690. The van der Waals surface area contributed by atoms with E-state index in [4.69, 9.17) is 4.74 Å². The largest absolute Gasteiger partial charge is 0.485 e. The highest BCUT2D eigenvalue weighted by atomic mass is 16.5. The molecule has 0 aromatic heterocycles. The van der Waals surface area contributed by atoms with E-state index in [2.05, 4.69) is 72.8 Å². The first kappa shape index (κ1) is 14.7. The molecule has 0 bridgehead atoms. The molecule has 120 valence electrons. The van der Waals surface area contributed by atoms with E-state index < -0.39 is 0 Å². The van der Waals surface area contributed by atoms with Crippen LogP contribution >= 0.6 is 0 Å². The second-order valence-electron chi connectivity index (χ2n) is 7.01. The fourth-order valence-electron chi connectivity index (χ4n) is 3.89. The third-order valence-electron chi connectivity index (χ3n) is 5.20. The minimum absolute atomic E-state index is 0.0315. The quantitative estimate of drug-likeness (QED) is 0.919. The highest BCUT2D eigenvalue weighted by Gasteiger charge is 2.43. The summed E-state index contributed by atoms with van der Waals surface area (Å²) in [4.78, 5) is 2.33. The molecule has 2 aromatic carbocycles. The molecule has 0 saturated carbocycles. The van der Waals surface area contributed by atoms with Crippen molar-refractivity contribution in [1.29, 1.82) is 0 Å². The van der Waals surface area contributed by atoms with Crippen LogP contribution in [-0.2, 0) is 0 Å². The zero-order valence-electron chi connectivity index (χ0n) is 13.9. The summed E-state index contributed by atoms with van der Waals surface area (Å²) >= 11 is 0. The van der Waals surface area contributed by atoms with Gasteiger partial charge >= 0.3 is 0 Å². The normalized spacial score (nSPS) is 26.3. The molecular formula is C20H24N2O. The van der Waals surface area contributed by atoms with Gasteiger partial charge in [0, 0.05) is 31.0 Å². The Balaban J connectivity index is 1.76. The third-order valence-corrected chi connectivity index (χ3v) is 5.20. The Labute approximate surface area is 138 Å². The van der Waals surface area contributed by atoms with Gasteiger partial charge in [0.05, 0.1) is 0 Å². The van der Waals surface area contributed by atoms with E-state index in [1.165, 1.54) is 16.7 Å². The maximum Gasteiger partial charge on any atom is 0.125 e. The highest BCUT2D eigenvalue weighted by molar-refractivity contribution is 5.66. The fourth-order valence-corrected chi connectivity index (χ4v) is 3.89. The van der Waals surface area contributed by atoms with Gasteiger partial charge in [0.25, 0.3) is 0 Å². The summed E-state index contributed by atoms with van der Waals surface area (Å²) < 4.78 is 6.46. The Morgan fingerprint density at radius 2 is 1.91 bits per heavy atom. The first-order valence-corrected chi connectivity index (χ1v) is 8.42. The number of rotatable bonds is 2. The van der Waals surface area contributed by atoms with Gasteiger partial charge < -0.3 is 15.0 Å². The van der Waals surface area contributed by atoms with Crippen LogP contribution in [0.3, 0.4) is 0 Å². The first-order chi connectivity index (χ1) is 11.2. The van der Waals surface area contributed by atoms with Crippen LogP contribution in [0.2, 0.25) is 0 Å². The molecule has 4 rings (SSSR count). The van der Waals surface area contributed by atoms with Gasteiger partial charge in [-0.3, -0.25) is 0 Å². The molecule has 3 heteroatoms. The van der Waals surface area contributed by atoms with Crippen LogP contribution in [0, 0.1) is 0 Å². The summed E-state index contributed by atoms with van der Waals surface area (Å²) in [6, 6.07) is 17.6. The van der Waals surface area contributed by atoms with Crippen molar-refractivity contribution in [2.45, 2.75) is 24.5 Å². The van der Waals surface area contributed by atoms with Crippen molar-refractivity contribution in [3.05, 3.63) is 54.1 Å². The van der Waals surface area contributed by atoms with E-state index in [1.807, 2.05) is 0 Å². The molecule has 0 radical (unpaired) electrons. The number of fused-ring (bicyclic) bond motifs is 1. The summed E-state index contributed by atoms with van der Waals surface area (Å²) in [6.45, 7) is 2.01. The number of hydrogen-bond donors (Lipinski definition) is 1. The standard InChI is InChI=1S/C20H24N2O/c1-22(2)18-13-20(10-11-21-14-20)23-19-9-8-16(12-17(18)19)15-6-4-3-5-7-15/h3-9,12,18,21H,10-11,13-14H2,1-2H3. The van der Waals surface area contributed by atoms with Crippen molar-refractivity contribution >= 4 is 0 Å². The molecule has 2 unspecified atom stereocenters. The predicted octanol–water partition coefficient (Wildman–Crippen LogP) is 3.47. The van der Waals surface area contributed by atoms with E-state index in [0.29, 0.717) is 6.04 Å². The molecule has 23 heavy (non-hydrogen) atoms. The van der Waals surface area contributed by atoms with Crippen LogP contribution in [0.5, 0.6) is 5.75 Å². The Hall–Kier alpha value is -1.84. The number of nitrogens with one attached hydrogen (secondary N) is 1. The molecule has 1 N–H and O–H groups in total. The molecule has 2 heterocycles. The summed E-state index contributed by atoms with van der Waals surface area (Å²) in [5.41, 5.74) is 3.81. The van der Waals surface area contributed by atoms with Gasteiger partial charge in [0.1, 0.15) is 11.4 Å². The zero-order chi connectivity index (χ0) is 15.9. The van der Waals surface area contributed by atoms with Crippen LogP contribution in [0.25, 0.3) is 11.1 Å². The van der Waals surface area contributed by atoms with Crippen LogP contribution in [0.4, 0.5) is 0 Å². The summed E-state index contributed by atoms with van der Waals surface area (Å²) in [5, 5.41) is 3.47. The van der Waals surface area contributed by atoms with Crippen molar-refractivity contribution in [2.75, 3.05) is 27.2 Å². The van der Waals surface area contributed by atoms with Gasteiger partial charge in [0.2, 0.25) is 0 Å². The summed E-state index contributed by atoms with van der Waals surface area (Å²) in [6.07, 6.45) is 2.15. The summed E-state index contributed by atoms with van der Waals surface area (Å²) in [7, 11) is 4.34. The number of ether oxygens (including phenoxy) is 1. The molecule has 3 nitrogen and oxygen atoms in total. The Kier molecular flexibility index (Phi) is 3.63. The van der Waals surface area contributed by atoms with E-state index in [-0.39, 0.29) is 5.60 Å². The molecule has 2 atom stereocenters.